The minimum Gasteiger partial charge on any atom is -0.468 e. The van der Waals surface area contributed by atoms with Gasteiger partial charge < -0.3 is 29.2 Å². The monoisotopic (exact) mass is 402 g/mol. The van der Waals surface area contributed by atoms with Gasteiger partial charge in [0, 0.05) is 6.42 Å². The maximum Gasteiger partial charge on any atom is 0.320 e. The predicted octanol–water partition coefficient (Wildman–Crippen LogP) is 1.34. The third-order valence-electron chi connectivity index (χ3n) is 7.58. The van der Waals surface area contributed by atoms with Crippen molar-refractivity contribution in [3.63, 3.8) is 0 Å². The highest BCUT2D eigenvalue weighted by Crippen LogP contribution is 2.69. The smallest absolute Gasteiger partial charge is 0.320 e. The zero-order valence-corrected chi connectivity index (χ0v) is 18.4. The molecule has 7 atom stereocenters. The Morgan fingerprint density at radius 1 is 1.26 bits per heavy atom. The molecule has 1 saturated heterocycles. The number of methoxy groups -OCH3 is 1. The topological polar surface area (TPSA) is 109 Å². The number of aliphatic hydroxyl groups excluding tert-OH is 2. The Hall–Kier alpha value is -0.513. The van der Waals surface area contributed by atoms with Crippen molar-refractivity contribution in [1.29, 1.82) is 0 Å². The third kappa shape index (κ3) is 2.53. The van der Waals surface area contributed by atoms with Crippen molar-refractivity contribution in [2.45, 2.75) is 101 Å². The Balaban J connectivity index is 2.16. The van der Waals surface area contributed by atoms with Crippen LogP contribution in [0.3, 0.4) is 0 Å². The summed E-state index contributed by atoms with van der Waals surface area (Å²) in [6.07, 6.45) is -2.84. The number of hydrogen-bond acceptors (Lipinski definition) is 7. The first kappa shape index (κ1) is 21.2. The first-order valence-corrected chi connectivity index (χ1v) is 12.6. The third-order valence-corrected chi connectivity index (χ3v) is 12.1. The molecule has 1 spiro atoms. The zero-order chi connectivity index (χ0) is 20.6. The standard InChI is InChI=1S/C19H34O7Si/c1-16(2,3)27(6,7)26-13-10-11(20)14-19(25-14)17(4,23)9-8-12(21)18(13,19)15(22)24-5/h11-14,20-21,23H,8-10H2,1-7H3/t11-,12-,13+,14+,17-,18-,19-/m0/s1. The van der Waals surface area contributed by atoms with Crippen LogP contribution in [0.4, 0.5) is 0 Å². The second-order valence-electron chi connectivity index (χ2n) is 10.1. The average molecular weight is 403 g/mol. The van der Waals surface area contributed by atoms with Crippen molar-refractivity contribution in [3.05, 3.63) is 0 Å². The minimum absolute atomic E-state index is 0.133. The molecule has 0 amide bonds. The summed E-state index contributed by atoms with van der Waals surface area (Å²) in [7, 11) is -1.09. The molecule has 0 unspecified atom stereocenters. The van der Waals surface area contributed by atoms with Gasteiger partial charge in [0.1, 0.15) is 11.7 Å². The second-order valence-corrected chi connectivity index (χ2v) is 14.9. The van der Waals surface area contributed by atoms with Crippen LogP contribution < -0.4 is 0 Å². The quantitative estimate of drug-likeness (QED) is 0.371. The van der Waals surface area contributed by atoms with Crippen molar-refractivity contribution in [2.75, 3.05) is 7.11 Å². The van der Waals surface area contributed by atoms with E-state index in [1.807, 2.05) is 0 Å². The fourth-order valence-electron chi connectivity index (χ4n) is 5.05. The summed E-state index contributed by atoms with van der Waals surface area (Å²) in [5, 5.41) is 32.8. The highest BCUT2D eigenvalue weighted by molar-refractivity contribution is 6.74. The number of rotatable bonds is 3. The molecule has 3 fully saturated rings. The summed E-state index contributed by atoms with van der Waals surface area (Å²) in [6, 6.07) is 0. The van der Waals surface area contributed by atoms with Crippen LogP contribution in [0.2, 0.25) is 18.1 Å². The van der Waals surface area contributed by atoms with E-state index in [9.17, 15) is 20.1 Å². The summed E-state index contributed by atoms with van der Waals surface area (Å²) in [5.74, 6) is -0.645. The normalized spacial score (nSPS) is 47.0. The van der Waals surface area contributed by atoms with Crippen molar-refractivity contribution >= 4 is 14.3 Å². The number of epoxide rings is 1. The SMILES string of the molecule is COC(=O)[C@@]12[C@@H](O)CC[C@](C)(O)[C@]13O[C@@H]3[C@@H](O)C[C@H]2O[Si](C)(C)C(C)(C)C. The van der Waals surface area contributed by atoms with Crippen LogP contribution in [0.5, 0.6) is 0 Å². The molecule has 2 saturated carbocycles. The first-order chi connectivity index (χ1) is 12.2. The minimum atomic E-state index is -2.36. The van der Waals surface area contributed by atoms with Gasteiger partial charge in [-0.25, -0.2) is 0 Å². The van der Waals surface area contributed by atoms with E-state index in [1.165, 1.54) is 7.11 Å². The Kier molecular flexibility index (Phi) is 4.71. The van der Waals surface area contributed by atoms with Crippen LogP contribution >= 0.6 is 0 Å². The van der Waals surface area contributed by atoms with Crippen molar-refractivity contribution in [1.82, 2.24) is 0 Å². The first-order valence-electron chi connectivity index (χ1n) is 9.71. The summed E-state index contributed by atoms with van der Waals surface area (Å²) < 4.78 is 17.6. The van der Waals surface area contributed by atoms with Gasteiger partial charge in [-0.15, -0.1) is 0 Å². The van der Waals surface area contributed by atoms with Crippen LogP contribution in [0, 0.1) is 5.41 Å². The number of carbonyl (C=O) groups excluding carboxylic acids is 1. The van der Waals surface area contributed by atoms with Crippen molar-refractivity contribution < 1.29 is 34.0 Å². The van der Waals surface area contributed by atoms with Crippen LogP contribution in [0.1, 0.15) is 47.0 Å². The van der Waals surface area contributed by atoms with Crippen LogP contribution in [-0.2, 0) is 18.7 Å². The van der Waals surface area contributed by atoms with Gasteiger partial charge in [0.2, 0.25) is 0 Å². The lowest BCUT2D eigenvalue weighted by molar-refractivity contribution is -0.229. The molecular formula is C19H34O7Si. The molecule has 0 aromatic heterocycles. The fourth-order valence-corrected chi connectivity index (χ4v) is 6.40. The second kappa shape index (κ2) is 6.00. The van der Waals surface area contributed by atoms with Crippen LogP contribution in [0.15, 0.2) is 0 Å². The molecule has 156 valence electrons. The van der Waals surface area contributed by atoms with E-state index >= 15 is 0 Å². The maximum atomic E-state index is 13.2. The van der Waals surface area contributed by atoms with E-state index in [2.05, 4.69) is 33.9 Å². The highest BCUT2D eigenvalue weighted by Gasteiger charge is 2.88. The molecule has 27 heavy (non-hydrogen) atoms. The molecule has 0 bridgehead atoms. The summed E-state index contributed by atoms with van der Waals surface area (Å²) in [6.45, 7) is 12.0. The Bertz CT molecular complexity index is 628. The van der Waals surface area contributed by atoms with Gasteiger partial charge in [-0.2, -0.15) is 0 Å². The molecule has 0 aromatic carbocycles. The molecule has 3 N–H and O–H groups in total. The maximum absolute atomic E-state index is 13.2. The van der Waals surface area contributed by atoms with Gasteiger partial charge >= 0.3 is 5.97 Å². The Labute approximate surface area is 162 Å². The number of aliphatic hydroxyl groups is 3. The zero-order valence-electron chi connectivity index (χ0n) is 17.4. The van der Waals surface area contributed by atoms with E-state index in [0.29, 0.717) is 0 Å². The van der Waals surface area contributed by atoms with E-state index in [0.717, 1.165) is 0 Å². The number of ether oxygens (including phenoxy) is 2. The molecular weight excluding hydrogens is 368 g/mol. The molecule has 0 aromatic rings. The largest absolute Gasteiger partial charge is 0.468 e. The lowest BCUT2D eigenvalue weighted by Gasteiger charge is -2.57. The fraction of sp³-hybridized carbons (Fsp3) is 0.947. The molecule has 2 aliphatic carbocycles. The van der Waals surface area contributed by atoms with E-state index < -0.39 is 55.3 Å². The van der Waals surface area contributed by atoms with Gasteiger partial charge in [-0.1, -0.05) is 20.8 Å². The Morgan fingerprint density at radius 3 is 2.37 bits per heavy atom. The van der Waals surface area contributed by atoms with Gasteiger partial charge in [-0.05, 0) is 37.9 Å². The summed E-state index contributed by atoms with van der Waals surface area (Å²) in [4.78, 5) is 13.2. The molecule has 8 heteroatoms. The average Bonchev–Trinajstić information content (AvgIpc) is 3.28. The highest BCUT2D eigenvalue weighted by atomic mass is 28.4. The summed E-state index contributed by atoms with van der Waals surface area (Å²) in [5.41, 5.74) is -4.36. The van der Waals surface area contributed by atoms with Crippen molar-refractivity contribution in [2.24, 2.45) is 5.41 Å². The van der Waals surface area contributed by atoms with E-state index in [1.54, 1.807) is 6.92 Å². The molecule has 0 radical (unpaired) electrons. The number of esters is 1. The molecule has 3 aliphatic rings. The van der Waals surface area contributed by atoms with Crippen molar-refractivity contribution in [3.8, 4) is 0 Å². The molecule has 7 nitrogen and oxygen atoms in total. The van der Waals surface area contributed by atoms with Crippen LogP contribution in [-0.4, -0.2) is 72.3 Å². The lowest BCUT2D eigenvalue weighted by atomic mass is 9.51. The van der Waals surface area contributed by atoms with E-state index in [4.69, 9.17) is 13.9 Å². The van der Waals surface area contributed by atoms with Gasteiger partial charge in [0.05, 0.1) is 31.0 Å². The van der Waals surface area contributed by atoms with Gasteiger partial charge in [0.15, 0.2) is 13.7 Å². The summed E-state index contributed by atoms with van der Waals surface area (Å²) >= 11 is 0. The number of carbonyl (C=O) groups is 1. The molecule has 3 rings (SSSR count). The van der Waals surface area contributed by atoms with Gasteiger partial charge in [0.25, 0.3) is 0 Å². The lowest BCUT2D eigenvalue weighted by Crippen LogP contribution is -2.75. The van der Waals surface area contributed by atoms with Gasteiger partial charge in [-0.3, -0.25) is 4.79 Å². The van der Waals surface area contributed by atoms with E-state index in [-0.39, 0.29) is 24.3 Å². The predicted molar refractivity (Wildman–Crippen MR) is 101 cm³/mol. The molecule has 1 heterocycles. The number of hydrogen-bond donors (Lipinski definition) is 3. The van der Waals surface area contributed by atoms with Crippen LogP contribution in [0.25, 0.3) is 0 Å². The molecule has 1 aliphatic heterocycles. The Morgan fingerprint density at radius 2 is 1.85 bits per heavy atom.